The first-order valence-electron chi connectivity index (χ1n) is 8.54. The van der Waals surface area contributed by atoms with Crippen LogP contribution in [-0.4, -0.2) is 17.3 Å². The third-order valence-corrected chi connectivity index (χ3v) is 6.87. The summed E-state index contributed by atoms with van der Waals surface area (Å²) in [6.45, 7) is 0. The number of carbonyl (C=O) groups is 1. The molecule has 2 N–H and O–H groups in total. The number of amides is 1. The van der Waals surface area contributed by atoms with Gasteiger partial charge in [0.1, 0.15) is 11.1 Å². The Morgan fingerprint density at radius 3 is 2.85 bits per heavy atom. The molecule has 0 bridgehead atoms. The standard InChI is InChI=1S/C19H18ClN3OS3/c1-26-11-7-8-15(20)13(9-11)17(24)22-19(25)23-18-14(10-21)12-5-3-2-4-6-16(12)27-18/h7-9H,2-6H2,1H3,(H2,22,23,24,25). The monoisotopic (exact) mass is 435 g/mol. The molecule has 1 amide bonds. The number of aryl methyl sites for hydroxylation is 1. The van der Waals surface area contributed by atoms with Crippen molar-refractivity contribution in [2.75, 3.05) is 11.6 Å². The molecular weight excluding hydrogens is 418 g/mol. The number of nitrogens with zero attached hydrogens (tertiary/aromatic N) is 1. The van der Waals surface area contributed by atoms with Crippen LogP contribution in [0.4, 0.5) is 5.00 Å². The van der Waals surface area contributed by atoms with Crippen LogP contribution in [0, 0.1) is 11.3 Å². The van der Waals surface area contributed by atoms with Crippen molar-refractivity contribution < 1.29 is 4.79 Å². The minimum atomic E-state index is -0.370. The molecule has 0 atom stereocenters. The Labute approximate surface area is 177 Å². The van der Waals surface area contributed by atoms with E-state index in [1.165, 1.54) is 23.1 Å². The summed E-state index contributed by atoms with van der Waals surface area (Å²) < 4.78 is 0. The van der Waals surface area contributed by atoms with Gasteiger partial charge in [-0.1, -0.05) is 18.0 Å². The number of anilines is 1. The average Bonchev–Trinajstić information content (AvgIpc) is 2.81. The maximum atomic E-state index is 12.5. The van der Waals surface area contributed by atoms with E-state index in [2.05, 4.69) is 16.7 Å². The van der Waals surface area contributed by atoms with Crippen molar-refractivity contribution in [3.05, 3.63) is 44.8 Å². The van der Waals surface area contributed by atoms with Crippen LogP contribution in [0.25, 0.3) is 0 Å². The molecule has 1 aliphatic carbocycles. The molecule has 1 aliphatic rings. The van der Waals surface area contributed by atoms with E-state index in [0.29, 0.717) is 21.2 Å². The SMILES string of the molecule is CSc1ccc(Cl)c(C(=O)NC(=S)Nc2sc3c(c2C#N)CCCCC3)c1. The van der Waals surface area contributed by atoms with Crippen LogP contribution in [-0.2, 0) is 12.8 Å². The minimum Gasteiger partial charge on any atom is -0.323 e. The lowest BCUT2D eigenvalue weighted by atomic mass is 10.1. The van der Waals surface area contributed by atoms with Gasteiger partial charge in [0.05, 0.1) is 16.1 Å². The molecule has 27 heavy (non-hydrogen) atoms. The molecule has 0 radical (unpaired) electrons. The van der Waals surface area contributed by atoms with E-state index >= 15 is 0 Å². The number of thiophene rings is 1. The molecule has 2 aromatic rings. The molecule has 1 aromatic carbocycles. The van der Waals surface area contributed by atoms with Gasteiger partial charge in [-0.15, -0.1) is 23.1 Å². The Morgan fingerprint density at radius 1 is 1.33 bits per heavy atom. The van der Waals surface area contributed by atoms with E-state index in [4.69, 9.17) is 23.8 Å². The highest BCUT2D eigenvalue weighted by molar-refractivity contribution is 7.98. The van der Waals surface area contributed by atoms with Crippen LogP contribution in [0.15, 0.2) is 23.1 Å². The topological polar surface area (TPSA) is 64.9 Å². The smallest absolute Gasteiger partial charge is 0.258 e. The number of fused-ring (bicyclic) bond motifs is 1. The van der Waals surface area contributed by atoms with Crippen molar-refractivity contribution in [3.8, 4) is 6.07 Å². The van der Waals surface area contributed by atoms with Gasteiger partial charge in [-0.05, 0) is 67.9 Å². The maximum absolute atomic E-state index is 12.5. The fraction of sp³-hybridized carbons (Fsp3) is 0.316. The number of thiocarbonyl (C=S) groups is 1. The fourth-order valence-electron chi connectivity index (χ4n) is 3.06. The number of nitrogens with one attached hydrogen (secondary N) is 2. The Balaban J connectivity index is 1.75. The second kappa shape index (κ2) is 9.07. The minimum absolute atomic E-state index is 0.165. The molecule has 8 heteroatoms. The number of rotatable bonds is 3. The summed E-state index contributed by atoms with van der Waals surface area (Å²) in [6, 6.07) is 7.59. The number of hydrogen-bond donors (Lipinski definition) is 2. The molecule has 0 spiro atoms. The molecular formula is C19H18ClN3OS3. The first-order chi connectivity index (χ1) is 13.0. The van der Waals surface area contributed by atoms with Crippen LogP contribution in [0.2, 0.25) is 5.02 Å². The van der Waals surface area contributed by atoms with Gasteiger partial charge >= 0.3 is 0 Å². The van der Waals surface area contributed by atoms with Gasteiger partial charge in [-0.2, -0.15) is 5.26 Å². The van der Waals surface area contributed by atoms with E-state index in [1.807, 2.05) is 12.3 Å². The number of hydrogen-bond acceptors (Lipinski definition) is 5. The van der Waals surface area contributed by atoms with Gasteiger partial charge in [0.15, 0.2) is 5.11 Å². The molecule has 4 nitrogen and oxygen atoms in total. The normalized spacial score (nSPS) is 13.2. The van der Waals surface area contributed by atoms with E-state index in [-0.39, 0.29) is 11.0 Å². The van der Waals surface area contributed by atoms with Crippen molar-refractivity contribution in [2.45, 2.75) is 37.0 Å². The summed E-state index contributed by atoms with van der Waals surface area (Å²) in [5.74, 6) is -0.370. The molecule has 0 saturated heterocycles. The summed E-state index contributed by atoms with van der Waals surface area (Å²) in [4.78, 5) is 14.7. The number of carbonyl (C=O) groups excluding carboxylic acids is 1. The zero-order valence-electron chi connectivity index (χ0n) is 14.7. The molecule has 140 valence electrons. The second-order valence-electron chi connectivity index (χ2n) is 6.13. The predicted molar refractivity (Wildman–Crippen MR) is 117 cm³/mol. The van der Waals surface area contributed by atoms with Crippen LogP contribution >= 0.6 is 46.9 Å². The third kappa shape index (κ3) is 4.64. The summed E-state index contributed by atoms with van der Waals surface area (Å²) in [7, 11) is 0. The summed E-state index contributed by atoms with van der Waals surface area (Å²) in [6.07, 6.45) is 7.28. The quantitative estimate of drug-likeness (QED) is 0.384. The first kappa shape index (κ1) is 20.2. The van der Waals surface area contributed by atoms with E-state index < -0.39 is 0 Å². The van der Waals surface area contributed by atoms with Gasteiger partial charge in [-0.25, -0.2) is 0 Å². The van der Waals surface area contributed by atoms with Crippen LogP contribution < -0.4 is 10.6 Å². The van der Waals surface area contributed by atoms with Gasteiger partial charge in [-0.3, -0.25) is 10.1 Å². The van der Waals surface area contributed by atoms with Crippen molar-refractivity contribution in [1.29, 1.82) is 5.26 Å². The van der Waals surface area contributed by atoms with Crippen molar-refractivity contribution in [3.63, 3.8) is 0 Å². The van der Waals surface area contributed by atoms with Crippen molar-refractivity contribution >= 4 is 62.9 Å². The lowest BCUT2D eigenvalue weighted by Gasteiger charge is -2.10. The maximum Gasteiger partial charge on any atom is 0.258 e. The van der Waals surface area contributed by atoms with Crippen LogP contribution in [0.5, 0.6) is 0 Å². The van der Waals surface area contributed by atoms with Gasteiger partial charge < -0.3 is 5.32 Å². The molecule has 1 heterocycles. The van der Waals surface area contributed by atoms with Gasteiger partial charge in [0.2, 0.25) is 0 Å². The zero-order valence-corrected chi connectivity index (χ0v) is 17.9. The fourth-order valence-corrected chi connectivity index (χ4v) is 5.21. The van der Waals surface area contributed by atoms with E-state index in [1.54, 1.807) is 23.5 Å². The number of thioether (sulfide) groups is 1. The van der Waals surface area contributed by atoms with Gasteiger partial charge in [0, 0.05) is 9.77 Å². The summed E-state index contributed by atoms with van der Waals surface area (Å²) in [5, 5.41) is 16.5. The highest BCUT2D eigenvalue weighted by Crippen LogP contribution is 2.37. The third-order valence-electron chi connectivity index (χ3n) is 4.41. The molecule has 0 aliphatic heterocycles. The predicted octanol–water partition coefficient (Wildman–Crippen LogP) is 5.39. The van der Waals surface area contributed by atoms with Crippen LogP contribution in [0.1, 0.15) is 45.6 Å². The first-order valence-corrected chi connectivity index (χ1v) is 11.4. The molecule has 0 fully saturated rings. The molecule has 0 saturated carbocycles. The summed E-state index contributed by atoms with van der Waals surface area (Å²) >= 11 is 14.5. The number of nitriles is 1. The average molecular weight is 436 g/mol. The Hall–Kier alpha value is -1.59. The summed E-state index contributed by atoms with van der Waals surface area (Å²) in [5.41, 5.74) is 2.15. The molecule has 0 unspecified atom stereocenters. The molecule has 1 aromatic heterocycles. The van der Waals surface area contributed by atoms with Crippen LogP contribution in [0.3, 0.4) is 0 Å². The number of benzene rings is 1. The van der Waals surface area contributed by atoms with Crippen molar-refractivity contribution in [2.24, 2.45) is 0 Å². The number of halogens is 1. The highest BCUT2D eigenvalue weighted by Gasteiger charge is 2.21. The van der Waals surface area contributed by atoms with E-state index in [9.17, 15) is 10.1 Å². The highest BCUT2D eigenvalue weighted by atomic mass is 35.5. The lowest BCUT2D eigenvalue weighted by Crippen LogP contribution is -2.34. The lowest BCUT2D eigenvalue weighted by molar-refractivity contribution is 0.0977. The molecule has 3 rings (SSSR count). The van der Waals surface area contributed by atoms with E-state index in [0.717, 1.165) is 36.1 Å². The second-order valence-corrected chi connectivity index (χ2v) is 8.93. The zero-order chi connectivity index (χ0) is 19.4. The Morgan fingerprint density at radius 2 is 2.11 bits per heavy atom. The largest absolute Gasteiger partial charge is 0.323 e. The van der Waals surface area contributed by atoms with Crippen molar-refractivity contribution in [1.82, 2.24) is 5.32 Å². The Kier molecular flexibility index (Phi) is 6.77. The Bertz CT molecular complexity index is 933. The van der Waals surface area contributed by atoms with Gasteiger partial charge in [0.25, 0.3) is 5.91 Å².